The van der Waals surface area contributed by atoms with Gasteiger partial charge >= 0.3 is 0 Å². The number of rotatable bonds is 4. The summed E-state index contributed by atoms with van der Waals surface area (Å²) >= 11 is 0. The maximum absolute atomic E-state index is 8.00. The van der Waals surface area contributed by atoms with Crippen molar-refractivity contribution in [2.75, 3.05) is 52.3 Å². The van der Waals surface area contributed by atoms with Crippen LogP contribution in [-0.4, -0.2) is 49.3 Å². The van der Waals surface area contributed by atoms with Crippen molar-refractivity contribution in [3.05, 3.63) is 95.1 Å². The standard InChI is InChI=1S/2C16H17NO2.CH2O/c2*1-17-14-7-5-4-6-11(14)8-13-15(17)9-12(18-2)10-16(13)19-3;1-2/h2*4-7,9-10H,8H2,1-3H3;1H2. The van der Waals surface area contributed by atoms with Crippen LogP contribution in [0.2, 0.25) is 0 Å². The van der Waals surface area contributed by atoms with Crippen LogP contribution in [0.1, 0.15) is 22.3 Å². The van der Waals surface area contributed by atoms with Crippen LogP contribution in [0.5, 0.6) is 23.0 Å². The van der Waals surface area contributed by atoms with E-state index in [0.29, 0.717) is 0 Å². The molecule has 0 saturated heterocycles. The lowest BCUT2D eigenvalue weighted by Crippen LogP contribution is -2.19. The predicted molar refractivity (Wildman–Crippen MR) is 161 cm³/mol. The lowest BCUT2D eigenvalue weighted by atomic mass is 9.95. The van der Waals surface area contributed by atoms with Crippen molar-refractivity contribution in [3.8, 4) is 23.0 Å². The summed E-state index contributed by atoms with van der Waals surface area (Å²) in [7, 11) is 10.9. The Morgan fingerprint density at radius 1 is 0.550 bits per heavy atom. The summed E-state index contributed by atoms with van der Waals surface area (Å²) in [4.78, 5) is 12.4. The highest BCUT2D eigenvalue weighted by Crippen LogP contribution is 2.45. The molecule has 4 aromatic rings. The van der Waals surface area contributed by atoms with Gasteiger partial charge in [0.1, 0.15) is 29.8 Å². The highest BCUT2D eigenvalue weighted by molar-refractivity contribution is 5.78. The third-order valence-corrected chi connectivity index (χ3v) is 7.39. The fourth-order valence-corrected chi connectivity index (χ4v) is 5.38. The Morgan fingerprint density at radius 3 is 1.27 bits per heavy atom. The number of fused-ring (bicyclic) bond motifs is 4. The number of nitrogens with zero attached hydrogens (tertiary/aromatic N) is 2. The smallest absolute Gasteiger partial charge is 0.128 e. The molecule has 0 aromatic heterocycles. The molecule has 2 aliphatic heterocycles. The van der Waals surface area contributed by atoms with Gasteiger partial charge in [-0.15, -0.1) is 0 Å². The molecular formula is C33H36N2O5. The van der Waals surface area contributed by atoms with Crippen LogP contribution in [0.4, 0.5) is 22.7 Å². The quantitative estimate of drug-likeness (QED) is 0.290. The minimum Gasteiger partial charge on any atom is -0.497 e. The lowest BCUT2D eigenvalue weighted by Gasteiger charge is -2.31. The highest BCUT2D eigenvalue weighted by Gasteiger charge is 2.25. The van der Waals surface area contributed by atoms with Gasteiger partial charge < -0.3 is 33.5 Å². The van der Waals surface area contributed by atoms with Crippen molar-refractivity contribution in [3.63, 3.8) is 0 Å². The summed E-state index contributed by atoms with van der Waals surface area (Å²) in [6, 6.07) is 24.9. The van der Waals surface area contributed by atoms with E-state index < -0.39 is 0 Å². The Bertz CT molecular complexity index is 1380. The molecule has 0 amide bonds. The largest absolute Gasteiger partial charge is 0.497 e. The molecule has 0 radical (unpaired) electrons. The topological polar surface area (TPSA) is 60.5 Å². The summed E-state index contributed by atoms with van der Waals surface area (Å²) in [5.74, 6) is 3.41. The zero-order chi connectivity index (χ0) is 28.8. The first-order valence-electron chi connectivity index (χ1n) is 12.9. The van der Waals surface area contributed by atoms with Crippen molar-refractivity contribution in [2.45, 2.75) is 12.8 Å². The molecule has 2 aliphatic rings. The average molecular weight is 541 g/mol. The van der Waals surface area contributed by atoms with E-state index in [9.17, 15) is 0 Å². The van der Waals surface area contributed by atoms with E-state index in [-0.39, 0.29) is 0 Å². The average Bonchev–Trinajstić information content (AvgIpc) is 3.02. The molecule has 40 heavy (non-hydrogen) atoms. The Hall–Kier alpha value is -4.65. The van der Waals surface area contributed by atoms with E-state index in [0.717, 1.165) is 47.2 Å². The molecule has 4 aromatic carbocycles. The van der Waals surface area contributed by atoms with E-state index in [1.807, 2.05) is 18.9 Å². The minimum atomic E-state index is 0.821. The van der Waals surface area contributed by atoms with Crippen molar-refractivity contribution < 1.29 is 23.7 Å². The van der Waals surface area contributed by atoms with E-state index >= 15 is 0 Å². The summed E-state index contributed by atoms with van der Waals surface area (Å²) < 4.78 is 21.7. The molecule has 0 aliphatic carbocycles. The van der Waals surface area contributed by atoms with E-state index in [2.05, 4.69) is 84.6 Å². The van der Waals surface area contributed by atoms with Crippen molar-refractivity contribution in [2.24, 2.45) is 0 Å². The molecule has 6 rings (SSSR count). The number of ether oxygens (including phenoxy) is 4. The summed E-state index contributed by atoms with van der Waals surface area (Å²) in [5.41, 5.74) is 9.84. The first kappa shape index (κ1) is 28.4. The third kappa shape index (κ3) is 5.27. The van der Waals surface area contributed by atoms with E-state index in [1.54, 1.807) is 28.4 Å². The number of carbonyl (C=O) groups excluding carboxylic acids is 1. The second-order valence-corrected chi connectivity index (χ2v) is 9.38. The van der Waals surface area contributed by atoms with Gasteiger partial charge in [0, 0.05) is 73.7 Å². The van der Waals surface area contributed by atoms with Gasteiger partial charge in [-0.1, -0.05) is 36.4 Å². The normalized spacial score (nSPS) is 12.2. The Morgan fingerprint density at radius 2 is 0.925 bits per heavy atom. The summed E-state index contributed by atoms with van der Waals surface area (Å²) in [6.07, 6.45) is 1.78. The van der Waals surface area contributed by atoms with Crippen LogP contribution in [0.3, 0.4) is 0 Å². The van der Waals surface area contributed by atoms with Crippen LogP contribution in [-0.2, 0) is 17.6 Å². The first-order valence-corrected chi connectivity index (χ1v) is 12.9. The molecule has 0 spiro atoms. The van der Waals surface area contributed by atoms with Crippen LogP contribution < -0.4 is 28.7 Å². The van der Waals surface area contributed by atoms with E-state index in [4.69, 9.17) is 23.7 Å². The van der Waals surface area contributed by atoms with E-state index in [1.165, 1.54) is 33.6 Å². The maximum atomic E-state index is 8.00. The van der Waals surface area contributed by atoms with Gasteiger partial charge in [-0.05, 0) is 23.3 Å². The second-order valence-electron chi connectivity index (χ2n) is 9.38. The number of hydrogen-bond acceptors (Lipinski definition) is 7. The van der Waals surface area contributed by atoms with Gasteiger partial charge in [0.2, 0.25) is 0 Å². The zero-order valence-electron chi connectivity index (χ0n) is 24.0. The Labute approximate surface area is 236 Å². The third-order valence-electron chi connectivity index (χ3n) is 7.39. The molecular weight excluding hydrogens is 504 g/mol. The fraction of sp³-hybridized carbons (Fsp3) is 0.242. The van der Waals surface area contributed by atoms with Crippen LogP contribution in [0, 0.1) is 0 Å². The van der Waals surface area contributed by atoms with Gasteiger partial charge in [0.25, 0.3) is 0 Å². The minimum absolute atomic E-state index is 0.821. The fourth-order valence-electron chi connectivity index (χ4n) is 5.38. The van der Waals surface area contributed by atoms with Gasteiger partial charge in [0.05, 0.1) is 39.8 Å². The highest BCUT2D eigenvalue weighted by atomic mass is 16.5. The number of methoxy groups -OCH3 is 4. The van der Waals surface area contributed by atoms with Crippen molar-refractivity contribution in [1.82, 2.24) is 0 Å². The molecule has 208 valence electrons. The number of anilines is 4. The van der Waals surface area contributed by atoms with Gasteiger partial charge in [0.15, 0.2) is 0 Å². The molecule has 0 unspecified atom stereocenters. The number of carbonyl (C=O) groups is 1. The molecule has 0 atom stereocenters. The molecule has 2 heterocycles. The van der Waals surface area contributed by atoms with Crippen LogP contribution in [0.15, 0.2) is 72.8 Å². The zero-order valence-corrected chi connectivity index (χ0v) is 24.0. The maximum Gasteiger partial charge on any atom is 0.128 e. The molecule has 7 nitrogen and oxygen atoms in total. The molecule has 0 fully saturated rings. The van der Waals surface area contributed by atoms with Crippen molar-refractivity contribution in [1.29, 1.82) is 0 Å². The Kier molecular flexibility index (Phi) is 8.84. The van der Waals surface area contributed by atoms with Gasteiger partial charge in [-0.3, -0.25) is 0 Å². The molecule has 7 heteroatoms. The monoisotopic (exact) mass is 540 g/mol. The first-order chi connectivity index (χ1) is 19.5. The molecule has 0 saturated carbocycles. The number of benzene rings is 4. The summed E-state index contributed by atoms with van der Waals surface area (Å²) in [6.45, 7) is 2.00. The number of hydrogen-bond donors (Lipinski definition) is 0. The second kappa shape index (κ2) is 12.5. The predicted octanol–water partition coefficient (Wildman–Crippen LogP) is 6.57. The summed E-state index contributed by atoms with van der Waals surface area (Å²) in [5, 5.41) is 0. The van der Waals surface area contributed by atoms with Crippen LogP contribution in [0.25, 0.3) is 0 Å². The van der Waals surface area contributed by atoms with Crippen LogP contribution >= 0.6 is 0 Å². The number of para-hydroxylation sites is 2. The van der Waals surface area contributed by atoms with Gasteiger partial charge in [-0.2, -0.15) is 0 Å². The lowest BCUT2D eigenvalue weighted by molar-refractivity contribution is -0.0980. The molecule has 0 bridgehead atoms. The van der Waals surface area contributed by atoms with Gasteiger partial charge in [-0.25, -0.2) is 0 Å². The SMILES string of the molecule is C=O.COc1cc(OC)c2c(c1)N(C)c1ccccc1C2.COc1cc(OC)c2c(c1)N(C)c1ccccc1C2. The Balaban J connectivity index is 0.000000174. The van der Waals surface area contributed by atoms with Crippen molar-refractivity contribution >= 4 is 29.5 Å². The molecule has 0 N–H and O–H groups in total.